The van der Waals surface area contributed by atoms with Gasteiger partial charge in [-0.2, -0.15) is 65.6 Å². The molecule has 0 bridgehead atoms. The van der Waals surface area contributed by atoms with Crippen LogP contribution in [-0.4, -0.2) is 18.4 Å². The SMILES string of the molecule is CC1=C(C)[C](C)([Fe+3][C]2(C)C(C)=C(C)C(C)=C2C)C(C)=C1C.Fc1ccc([B-](c2ccc(F)cc2)(c2ccc(F)cc2)c2ccc(F)cc2)cc1.Fc1ccc([B-](c2ccc(F)cc2)(c2ccc(F)cc2)c2ccc(F)cc2)cc1.Fc1ccc([B-](c2ccc(F)cc2)(c2ccc(F)cc2)c2ccc(F)cc2)cc1. The van der Waals surface area contributed by atoms with E-state index in [1.807, 2.05) is 0 Å². The van der Waals surface area contributed by atoms with Crippen LogP contribution in [-0.2, 0) is 15.0 Å². The number of hydrogen-bond acceptors (Lipinski definition) is 0. The summed E-state index contributed by atoms with van der Waals surface area (Å²) >= 11 is 1.19. The first-order valence-electron chi connectivity index (χ1n) is 35.4. The van der Waals surface area contributed by atoms with Crippen molar-refractivity contribution in [3.05, 3.63) is 406 Å². The summed E-state index contributed by atoms with van der Waals surface area (Å²) in [6, 6.07) is 72.2. The maximum atomic E-state index is 13.7. The van der Waals surface area contributed by atoms with Crippen molar-refractivity contribution in [2.45, 2.75) is 77.9 Å². The Kier molecular flexibility index (Phi) is 23.6. The molecule has 0 heterocycles. The molecule has 16 heteroatoms. The van der Waals surface area contributed by atoms with E-state index in [2.05, 4.69) is 69.2 Å². The van der Waals surface area contributed by atoms with Gasteiger partial charge in [0.15, 0.2) is 0 Å². The van der Waals surface area contributed by atoms with Gasteiger partial charge < -0.3 is 0 Å². The summed E-state index contributed by atoms with van der Waals surface area (Å²) in [5, 5.41) is 0. The molecule has 0 unspecified atom stereocenters. The third kappa shape index (κ3) is 15.4. The molecule has 0 nitrogen and oxygen atoms in total. The van der Waals surface area contributed by atoms with Crippen LogP contribution in [0.15, 0.2) is 336 Å². The number of benzene rings is 12. The van der Waals surface area contributed by atoms with Crippen molar-refractivity contribution in [1.82, 2.24) is 0 Å². The summed E-state index contributed by atoms with van der Waals surface area (Å²) in [7, 11) is 0. The van der Waals surface area contributed by atoms with Crippen molar-refractivity contribution in [3.8, 4) is 0 Å². The van der Waals surface area contributed by atoms with E-state index in [-0.39, 0.29) is 8.63 Å². The predicted molar refractivity (Wildman–Crippen MR) is 420 cm³/mol. The van der Waals surface area contributed by atoms with Crippen LogP contribution in [0.4, 0.5) is 52.7 Å². The molecule has 0 amide bonds. The molecule has 0 saturated heterocycles. The summed E-state index contributed by atoms with van der Waals surface area (Å²) in [5.74, 6) is -4.71. The van der Waals surface area contributed by atoms with E-state index in [0.717, 1.165) is 65.6 Å². The van der Waals surface area contributed by atoms with Crippen LogP contribution in [0.2, 0.25) is 8.63 Å². The van der Waals surface area contributed by atoms with Crippen molar-refractivity contribution in [2.24, 2.45) is 0 Å². The van der Waals surface area contributed by atoms with E-state index in [9.17, 15) is 52.7 Å². The molecule has 0 radical (unpaired) electrons. The van der Waals surface area contributed by atoms with Gasteiger partial charge in [-0.15, -0.1) is 0 Å². The minimum Gasteiger partial charge on any atom is -0.207 e. The Morgan fingerprint density at radius 3 is 0.333 bits per heavy atom. The second-order valence-corrected chi connectivity index (χ2v) is 30.7. The quantitative estimate of drug-likeness (QED) is 0.0752. The van der Waals surface area contributed by atoms with Gasteiger partial charge in [-0.25, -0.2) is 52.7 Å². The second-order valence-electron chi connectivity index (χ2n) is 28.3. The number of halogens is 12. The molecule has 2 aliphatic carbocycles. The maximum Gasteiger partial charge on any atom is 0.122 e. The van der Waals surface area contributed by atoms with E-state index >= 15 is 0 Å². The van der Waals surface area contributed by atoms with Gasteiger partial charge in [0, 0.05) is 0 Å². The molecule has 0 spiro atoms. The zero-order chi connectivity index (χ0) is 77.6. The molecule has 2 aliphatic rings. The van der Waals surface area contributed by atoms with Crippen molar-refractivity contribution in [3.63, 3.8) is 0 Å². The Labute approximate surface area is 631 Å². The first-order valence-corrected chi connectivity index (χ1v) is 36.5. The van der Waals surface area contributed by atoms with Crippen LogP contribution >= 0.6 is 0 Å². The van der Waals surface area contributed by atoms with Crippen LogP contribution in [0.25, 0.3) is 0 Å². The average molecular weight is 1500 g/mol. The first-order chi connectivity index (χ1) is 51.5. The minimum atomic E-state index is -1.94. The van der Waals surface area contributed by atoms with Crippen LogP contribution in [0, 0.1) is 69.8 Å². The largest absolute Gasteiger partial charge is 0.207 e. The minimum absolute atomic E-state index is 0.205. The Balaban J connectivity index is 0.000000144. The molecule has 0 fully saturated rings. The van der Waals surface area contributed by atoms with Crippen molar-refractivity contribution in [1.29, 1.82) is 0 Å². The van der Waals surface area contributed by atoms with E-state index in [4.69, 9.17) is 0 Å². The standard InChI is InChI=1S/3C24H16BF4.2C10H15.Fe/c3*26-21-9-1-17(2-10-21)25(18-3-11-22(27)12-4-18,19-5-13-23(28)14-6-19)20-7-15-24(29)16-8-20;2*1-6-7(2)9(4)10(5)8(6)3;/h3*1-16H;2*1-5H3;/q3*-1;;;+3. The van der Waals surface area contributed by atoms with E-state index < -0.39 is 88.2 Å². The summed E-state index contributed by atoms with van der Waals surface area (Å²) in [6.07, 6.45) is -5.82. The Morgan fingerprint density at radius 2 is 0.250 bits per heavy atom. The third-order valence-corrected chi connectivity index (χ3v) is 25.7. The van der Waals surface area contributed by atoms with Crippen LogP contribution in [0.1, 0.15) is 69.2 Å². The molecule has 547 valence electrons. The zero-order valence-electron chi connectivity index (χ0n) is 61.3. The van der Waals surface area contributed by atoms with Gasteiger partial charge in [0.05, 0.1) is 0 Å². The normalized spacial score (nSPS) is 14.0. The van der Waals surface area contributed by atoms with E-state index in [1.165, 1.54) is 183 Å². The molecule has 0 atom stereocenters. The van der Waals surface area contributed by atoms with Crippen molar-refractivity contribution in [2.75, 3.05) is 0 Å². The molecule has 0 aromatic heterocycles. The summed E-state index contributed by atoms with van der Waals surface area (Å²) in [5.41, 5.74) is 21.3. The zero-order valence-corrected chi connectivity index (χ0v) is 62.4. The topological polar surface area (TPSA) is 0 Å². The summed E-state index contributed by atoms with van der Waals surface area (Å²) in [4.78, 5) is 0. The molecular weight excluding hydrogens is 1420 g/mol. The molecule has 0 saturated carbocycles. The molecule has 108 heavy (non-hydrogen) atoms. The average Bonchev–Trinajstić information content (AvgIpc) is 1.22. The van der Waals surface area contributed by atoms with Gasteiger partial charge in [0.25, 0.3) is 0 Å². The van der Waals surface area contributed by atoms with E-state index in [1.54, 1.807) is 168 Å². The number of hydrogen-bond donors (Lipinski definition) is 0. The van der Waals surface area contributed by atoms with Gasteiger partial charge in [0.1, 0.15) is 88.2 Å². The molecule has 0 aliphatic heterocycles. The fourth-order valence-corrected chi connectivity index (χ4v) is 18.9. The van der Waals surface area contributed by atoms with E-state index in [0.29, 0.717) is 0 Å². The maximum absolute atomic E-state index is 13.7. The second kappa shape index (κ2) is 32.5. The number of rotatable bonds is 14. The Morgan fingerprint density at radius 1 is 0.167 bits per heavy atom. The van der Waals surface area contributed by atoms with Crippen LogP contribution in [0.5, 0.6) is 0 Å². The van der Waals surface area contributed by atoms with Gasteiger partial charge in [-0.05, 0) is 146 Å². The van der Waals surface area contributed by atoms with Crippen LogP contribution in [0.3, 0.4) is 0 Å². The summed E-state index contributed by atoms with van der Waals surface area (Å²) in [6.45, 7) is 23.4. The Hall–Kier alpha value is -10.5. The molecule has 12 aromatic carbocycles. The predicted octanol–water partition coefficient (Wildman–Crippen LogP) is 17.7. The third-order valence-electron chi connectivity index (χ3n) is 22.9. The monoisotopic (exact) mass is 1500 g/mol. The smallest absolute Gasteiger partial charge is 0.122 e. The number of allylic oxidation sites excluding steroid dienone is 8. The van der Waals surface area contributed by atoms with Crippen molar-refractivity contribution < 1.29 is 67.6 Å². The van der Waals surface area contributed by atoms with Gasteiger partial charge in [-0.1, -0.05) is 146 Å². The fraction of sp³-hybridized carbons (Fsp3) is 0.130. The molecule has 0 N–H and O–H groups in total. The molecular formula is C92H78B3F12Fe. The molecule has 14 rings (SSSR count). The fourth-order valence-electron chi connectivity index (χ4n) is 16.2. The van der Waals surface area contributed by atoms with Gasteiger partial charge in [0.2, 0.25) is 0 Å². The first kappa shape index (κ1) is 78.5. The van der Waals surface area contributed by atoms with Gasteiger partial charge in [-0.3, -0.25) is 0 Å². The Bertz CT molecular complexity index is 4170. The van der Waals surface area contributed by atoms with Crippen LogP contribution < -0.4 is 65.6 Å². The molecule has 12 aromatic rings. The summed E-state index contributed by atoms with van der Waals surface area (Å²) < 4.78 is 165. The van der Waals surface area contributed by atoms with Gasteiger partial charge >= 0.3 is 137 Å². The van der Waals surface area contributed by atoms with Crippen molar-refractivity contribution >= 4 is 84.0 Å².